The van der Waals surface area contributed by atoms with Crippen LogP contribution < -0.4 is 10.0 Å². The van der Waals surface area contributed by atoms with Gasteiger partial charge in [0.15, 0.2) is 0 Å². The molecule has 100 valence electrons. The minimum Gasteiger partial charge on any atom is -0.313 e. The molecule has 1 aliphatic heterocycles. The molecule has 1 aromatic carbocycles. The van der Waals surface area contributed by atoms with Crippen molar-refractivity contribution in [2.45, 2.75) is 17.1 Å². The van der Waals surface area contributed by atoms with Gasteiger partial charge in [0.05, 0.1) is 10.5 Å². The zero-order valence-corrected chi connectivity index (χ0v) is 9.98. The molecule has 0 amide bonds. The van der Waals surface area contributed by atoms with Gasteiger partial charge in [0.1, 0.15) is 0 Å². The molecular formula is C10H11F3N2O2S. The third-order valence-electron chi connectivity index (χ3n) is 2.59. The number of nitrogens with one attached hydrogen (secondary N) is 2. The monoisotopic (exact) mass is 280 g/mol. The molecule has 18 heavy (non-hydrogen) atoms. The van der Waals surface area contributed by atoms with E-state index in [-0.39, 0.29) is 6.04 Å². The maximum absolute atomic E-state index is 12.7. The van der Waals surface area contributed by atoms with Gasteiger partial charge in [-0.1, -0.05) is 12.1 Å². The van der Waals surface area contributed by atoms with Crippen LogP contribution in [-0.2, 0) is 16.2 Å². The maximum atomic E-state index is 12.7. The summed E-state index contributed by atoms with van der Waals surface area (Å²) in [5.74, 6) is 0. The largest absolute Gasteiger partial charge is 0.417 e. The van der Waals surface area contributed by atoms with Gasteiger partial charge in [0.25, 0.3) is 0 Å². The molecule has 0 bridgehead atoms. The van der Waals surface area contributed by atoms with Crippen LogP contribution in [0, 0.1) is 0 Å². The first kappa shape index (κ1) is 13.3. The van der Waals surface area contributed by atoms with Crippen molar-refractivity contribution in [3.63, 3.8) is 0 Å². The summed E-state index contributed by atoms with van der Waals surface area (Å²) in [4.78, 5) is -0.732. The van der Waals surface area contributed by atoms with Crippen LogP contribution in [0.25, 0.3) is 0 Å². The van der Waals surface area contributed by atoms with E-state index < -0.39 is 26.7 Å². The van der Waals surface area contributed by atoms with Gasteiger partial charge >= 0.3 is 6.18 Å². The Bertz CT molecular complexity index is 538. The van der Waals surface area contributed by atoms with Crippen molar-refractivity contribution in [2.24, 2.45) is 0 Å². The number of hydrogen-bond acceptors (Lipinski definition) is 3. The summed E-state index contributed by atoms with van der Waals surface area (Å²) in [6.07, 6.45) is -4.69. The van der Waals surface area contributed by atoms with Crippen molar-refractivity contribution in [1.82, 2.24) is 10.0 Å². The Hall–Kier alpha value is -1.12. The summed E-state index contributed by atoms with van der Waals surface area (Å²) in [6, 6.07) is 3.79. The molecule has 2 N–H and O–H groups in total. The van der Waals surface area contributed by atoms with Crippen LogP contribution in [0.4, 0.5) is 13.2 Å². The summed E-state index contributed by atoms with van der Waals surface area (Å²) < 4.78 is 64.1. The first-order valence-electron chi connectivity index (χ1n) is 5.20. The maximum Gasteiger partial charge on any atom is 0.417 e. The third-order valence-corrected chi connectivity index (χ3v) is 4.16. The van der Waals surface area contributed by atoms with E-state index in [1.54, 1.807) is 0 Å². The molecule has 0 aliphatic carbocycles. The number of alkyl halides is 3. The lowest BCUT2D eigenvalue weighted by molar-refractivity contribution is -0.139. The molecule has 1 heterocycles. The standard InChI is InChI=1S/C10H11F3N2O2S/c11-10(12,13)8-3-1-2-4-9(8)18(16,17)15-7-5-14-6-7/h1-4,7,14-15H,5-6H2. The zero-order chi connectivity index (χ0) is 13.4. The normalized spacial score (nSPS) is 17.5. The fraction of sp³-hybridized carbons (Fsp3) is 0.400. The number of benzene rings is 1. The average Bonchev–Trinajstić information content (AvgIpc) is 2.23. The smallest absolute Gasteiger partial charge is 0.313 e. The zero-order valence-electron chi connectivity index (χ0n) is 9.16. The van der Waals surface area contributed by atoms with Gasteiger partial charge in [-0.15, -0.1) is 0 Å². The van der Waals surface area contributed by atoms with E-state index in [1.807, 2.05) is 0 Å². The molecule has 0 atom stereocenters. The van der Waals surface area contributed by atoms with Crippen molar-refractivity contribution < 1.29 is 21.6 Å². The molecule has 1 aliphatic rings. The highest BCUT2D eigenvalue weighted by Gasteiger charge is 2.37. The van der Waals surface area contributed by atoms with Crippen molar-refractivity contribution in [3.8, 4) is 0 Å². The number of rotatable bonds is 3. The minimum absolute atomic E-state index is 0.351. The van der Waals surface area contributed by atoms with E-state index in [0.717, 1.165) is 18.2 Å². The molecule has 0 radical (unpaired) electrons. The highest BCUT2D eigenvalue weighted by Crippen LogP contribution is 2.33. The van der Waals surface area contributed by atoms with E-state index in [0.29, 0.717) is 13.1 Å². The van der Waals surface area contributed by atoms with Gasteiger partial charge in [-0.25, -0.2) is 13.1 Å². The summed E-state index contributed by atoms with van der Waals surface area (Å²) in [7, 11) is -4.14. The van der Waals surface area contributed by atoms with Crippen molar-refractivity contribution in [1.29, 1.82) is 0 Å². The molecule has 1 aromatic rings. The lowest BCUT2D eigenvalue weighted by Gasteiger charge is -2.28. The van der Waals surface area contributed by atoms with Gasteiger partial charge in [0.2, 0.25) is 10.0 Å². The molecule has 2 rings (SSSR count). The first-order valence-corrected chi connectivity index (χ1v) is 6.68. The van der Waals surface area contributed by atoms with E-state index >= 15 is 0 Å². The Morgan fingerprint density at radius 2 is 1.83 bits per heavy atom. The minimum atomic E-state index is -4.69. The van der Waals surface area contributed by atoms with Crippen LogP contribution in [-0.4, -0.2) is 27.5 Å². The Morgan fingerprint density at radius 3 is 2.33 bits per heavy atom. The summed E-state index contributed by atoms with van der Waals surface area (Å²) in [5, 5.41) is 2.83. The second kappa shape index (κ2) is 4.52. The SMILES string of the molecule is O=S(=O)(NC1CNC1)c1ccccc1C(F)(F)F. The molecule has 0 spiro atoms. The van der Waals surface area contributed by atoms with E-state index in [2.05, 4.69) is 10.0 Å². The lowest BCUT2D eigenvalue weighted by Crippen LogP contribution is -2.56. The average molecular weight is 280 g/mol. The van der Waals surface area contributed by atoms with Gasteiger partial charge in [-0.05, 0) is 12.1 Å². The fourth-order valence-electron chi connectivity index (χ4n) is 1.59. The Morgan fingerprint density at radius 1 is 1.22 bits per heavy atom. The molecule has 0 unspecified atom stereocenters. The van der Waals surface area contributed by atoms with Crippen LogP contribution in [0.5, 0.6) is 0 Å². The first-order chi connectivity index (χ1) is 8.31. The summed E-state index contributed by atoms with van der Waals surface area (Å²) in [6.45, 7) is 0.848. The summed E-state index contributed by atoms with van der Waals surface area (Å²) in [5.41, 5.74) is -1.15. The molecule has 0 aromatic heterocycles. The summed E-state index contributed by atoms with van der Waals surface area (Å²) >= 11 is 0. The van der Waals surface area contributed by atoms with Gasteiger partial charge < -0.3 is 5.32 Å². The molecule has 4 nitrogen and oxygen atoms in total. The van der Waals surface area contributed by atoms with Gasteiger partial charge in [-0.3, -0.25) is 0 Å². The predicted octanol–water partition coefficient (Wildman–Crippen LogP) is 0.955. The topological polar surface area (TPSA) is 58.2 Å². The van der Waals surface area contributed by atoms with Crippen LogP contribution >= 0.6 is 0 Å². The molecule has 1 fully saturated rings. The van der Waals surface area contributed by atoms with E-state index in [9.17, 15) is 21.6 Å². The van der Waals surface area contributed by atoms with Gasteiger partial charge in [-0.2, -0.15) is 13.2 Å². The fourth-order valence-corrected chi connectivity index (χ4v) is 3.05. The van der Waals surface area contributed by atoms with Crippen LogP contribution in [0.15, 0.2) is 29.2 Å². The van der Waals surface area contributed by atoms with Crippen molar-refractivity contribution in [3.05, 3.63) is 29.8 Å². The molecule has 8 heteroatoms. The Kier molecular flexibility index (Phi) is 3.35. The Balaban J connectivity index is 2.37. The highest BCUT2D eigenvalue weighted by atomic mass is 32.2. The number of sulfonamides is 1. The third kappa shape index (κ3) is 2.65. The highest BCUT2D eigenvalue weighted by molar-refractivity contribution is 7.89. The second-order valence-corrected chi connectivity index (χ2v) is 5.65. The molecule has 1 saturated heterocycles. The number of halogens is 3. The lowest BCUT2D eigenvalue weighted by atomic mass is 10.2. The van der Waals surface area contributed by atoms with Gasteiger partial charge in [0, 0.05) is 19.1 Å². The molecular weight excluding hydrogens is 269 g/mol. The van der Waals surface area contributed by atoms with Crippen LogP contribution in [0.2, 0.25) is 0 Å². The number of hydrogen-bond donors (Lipinski definition) is 2. The van der Waals surface area contributed by atoms with Crippen molar-refractivity contribution >= 4 is 10.0 Å². The quantitative estimate of drug-likeness (QED) is 0.867. The predicted molar refractivity (Wildman–Crippen MR) is 58.4 cm³/mol. The molecule has 0 saturated carbocycles. The second-order valence-electron chi connectivity index (χ2n) is 3.97. The van der Waals surface area contributed by atoms with Crippen LogP contribution in [0.3, 0.4) is 0 Å². The Labute approximate surface area is 102 Å². The van der Waals surface area contributed by atoms with E-state index in [4.69, 9.17) is 0 Å². The van der Waals surface area contributed by atoms with Crippen molar-refractivity contribution in [2.75, 3.05) is 13.1 Å². The van der Waals surface area contributed by atoms with Crippen LogP contribution in [0.1, 0.15) is 5.56 Å². The van der Waals surface area contributed by atoms with E-state index in [1.165, 1.54) is 6.07 Å².